The number of carbonyl (C=O) groups excluding carboxylic acids is 2. The molecular weight excluding hydrogens is 499 g/mol. The van der Waals surface area contributed by atoms with Gasteiger partial charge in [-0.05, 0) is 87.9 Å². The van der Waals surface area contributed by atoms with Gasteiger partial charge in [0.2, 0.25) is 0 Å². The fraction of sp³-hybridized carbons (Fsp3) is 0.500. The number of halogens is 2. The maximum absolute atomic E-state index is 12.7. The van der Waals surface area contributed by atoms with Crippen molar-refractivity contribution < 1.29 is 19.4 Å². The van der Waals surface area contributed by atoms with Crippen LogP contribution in [-0.4, -0.2) is 58.8 Å². The monoisotopic (exact) mass is 534 g/mol. The zero-order valence-electron chi connectivity index (χ0n) is 21.3. The number of nitrogens with zero attached hydrogens (tertiary/aromatic N) is 1. The van der Waals surface area contributed by atoms with Crippen molar-refractivity contribution >= 4 is 35.1 Å². The van der Waals surface area contributed by atoms with Gasteiger partial charge in [-0.25, -0.2) is 4.79 Å². The van der Waals surface area contributed by atoms with Crippen LogP contribution in [0.15, 0.2) is 48.5 Å². The molecule has 2 saturated heterocycles. The van der Waals surface area contributed by atoms with E-state index < -0.39 is 17.7 Å². The zero-order chi connectivity index (χ0) is 26.5. The SMILES string of the molecule is C[C@H]1C[C@H](C(=O)c2ccc(Cl)cc2)N(C(=O)OC(C)(C)C)C1.O[C@@H]1CN[C@@H](Cc2ccc(Cl)cc2)C1. The fourth-order valence-electron chi connectivity index (χ4n) is 4.48. The van der Waals surface area contributed by atoms with E-state index in [4.69, 9.17) is 27.9 Å². The molecule has 2 N–H and O–H groups in total. The van der Waals surface area contributed by atoms with Crippen molar-refractivity contribution in [2.75, 3.05) is 13.1 Å². The van der Waals surface area contributed by atoms with Crippen LogP contribution in [-0.2, 0) is 11.2 Å². The first-order chi connectivity index (χ1) is 16.9. The number of carbonyl (C=O) groups is 2. The molecule has 4 atom stereocenters. The Balaban J connectivity index is 0.000000221. The summed E-state index contributed by atoms with van der Waals surface area (Å²) in [5, 5.41) is 14.0. The normalized spacial score (nSPS) is 23.7. The zero-order valence-corrected chi connectivity index (χ0v) is 22.9. The number of nitrogens with one attached hydrogen (secondary N) is 1. The molecule has 2 heterocycles. The first kappa shape index (κ1) is 28.5. The summed E-state index contributed by atoms with van der Waals surface area (Å²) in [6, 6.07) is 14.6. The highest BCUT2D eigenvalue weighted by molar-refractivity contribution is 6.30. The standard InChI is InChI=1S/C17H22ClNO3.C11H14ClNO/c1-11-9-14(15(20)12-5-7-13(18)8-6-12)19(10-11)16(21)22-17(2,3)4;12-9-3-1-8(2-4-9)5-10-6-11(14)7-13-10/h5-8,11,14H,9-10H2,1-4H3;1-4,10-11,13-14H,5-7H2/t11-,14+;10-,11-/m00/s1. The summed E-state index contributed by atoms with van der Waals surface area (Å²) in [5.41, 5.74) is 1.26. The second kappa shape index (κ2) is 12.4. The van der Waals surface area contributed by atoms with Crippen LogP contribution in [0, 0.1) is 5.92 Å². The van der Waals surface area contributed by atoms with Gasteiger partial charge in [-0.1, -0.05) is 42.3 Å². The van der Waals surface area contributed by atoms with E-state index >= 15 is 0 Å². The van der Waals surface area contributed by atoms with E-state index in [0.29, 0.717) is 29.6 Å². The van der Waals surface area contributed by atoms with Gasteiger partial charge in [0.15, 0.2) is 5.78 Å². The molecule has 6 nitrogen and oxygen atoms in total. The molecule has 8 heteroatoms. The molecule has 0 radical (unpaired) electrons. The molecule has 0 spiro atoms. The first-order valence-electron chi connectivity index (χ1n) is 12.4. The number of hydrogen-bond donors (Lipinski definition) is 2. The molecule has 36 heavy (non-hydrogen) atoms. The molecule has 0 bridgehead atoms. The Labute approximate surface area is 223 Å². The Morgan fingerprint density at radius 2 is 1.61 bits per heavy atom. The Morgan fingerprint density at radius 3 is 2.14 bits per heavy atom. The van der Waals surface area contributed by atoms with Crippen molar-refractivity contribution in [3.05, 3.63) is 69.7 Å². The number of aliphatic hydroxyl groups is 1. The lowest BCUT2D eigenvalue weighted by atomic mass is 9.99. The summed E-state index contributed by atoms with van der Waals surface area (Å²) in [6.07, 6.45) is 1.87. The average Bonchev–Trinajstić information content (AvgIpc) is 3.40. The number of aliphatic hydroxyl groups excluding tert-OH is 1. The van der Waals surface area contributed by atoms with Crippen LogP contribution in [0.25, 0.3) is 0 Å². The summed E-state index contributed by atoms with van der Waals surface area (Å²) in [7, 11) is 0. The van der Waals surface area contributed by atoms with Gasteiger partial charge in [-0.15, -0.1) is 0 Å². The summed E-state index contributed by atoms with van der Waals surface area (Å²) < 4.78 is 5.42. The van der Waals surface area contributed by atoms with E-state index in [9.17, 15) is 14.7 Å². The van der Waals surface area contributed by atoms with E-state index in [1.54, 1.807) is 29.2 Å². The van der Waals surface area contributed by atoms with Gasteiger partial charge in [-0.3, -0.25) is 9.69 Å². The van der Waals surface area contributed by atoms with Gasteiger partial charge in [-0.2, -0.15) is 0 Å². The van der Waals surface area contributed by atoms with Crippen LogP contribution in [0.5, 0.6) is 0 Å². The maximum atomic E-state index is 12.7. The third-order valence-electron chi connectivity index (χ3n) is 6.16. The number of hydrogen-bond acceptors (Lipinski definition) is 5. The van der Waals surface area contributed by atoms with Crippen molar-refractivity contribution in [3.8, 4) is 0 Å². The molecule has 196 valence electrons. The summed E-state index contributed by atoms with van der Waals surface area (Å²) in [6.45, 7) is 8.75. The summed E-state index contributed by atoms with van der Waals surface area (Å²) in [5.74, 6) is 0.209. The van der Waals surface area contributed by atoms with Crippen LogP contribution >= 0.6 is 23.2 Å². The largest absolute Gasteiger partial charge is 0.444 e. The Bertz CT molecular complexity index is 1020. The molecule has 0 saturated carbocycles. The van der Waals surface area contributed by atoms with Gasteiger partial charge in [0, 0.05) is 34.7 Å². The first-order valence-corrected chi connectivity index (χ1v) is 13.1. The minimum absolute atomic E-state index is 0.0631. The minimum atomic E-state index is -0.573. The molecule has 2 aliphatic heterocycles. The molecule has 2 aromatic carbocycles. The quantitative estimate of drug-likeness (QED) is 0.486. The average molecular weight is 536 g/mol. The number of amides is 1. The number of ether oxygens (including phenoxy) is 1. The molecule has 2 fully saturated rings. The van der Waals surface area contributed by atoms with Crippen LogP contribution in [0.1, 0.15) is 56.5 Å². The van der Waals surface area contributed by atoms with Crippen molar-refractivity contribution in [1.82, 2.24) is 10.2 Å². The molecular formula is C28H36Cl2N2O4. The smallest absolute Gasteiger partial charge is 0.410 e. The highest BCUT2D eigenvalue weighted by atomic mass is 35.5. The summed E-state index contributed by atoms with van der Waals surface area (Å²) >= 11 is 11.7. The molecule has 0 aromatic heterocycles. The van der Waals surface area contributed by atoms with Gasteiger partial charge < -0.3 is 15.2 Å². The second-order valence-electron chi connectivity index (χ2n) is 10.7. The third kappa shape index (κ3) is 8.48. The molecule has 1 amide bonds. The highest BCUT2D eigenvalue weighted by Crippen LogP contribution is 2.28. The lowest BCUT2D eigenvalue weighted by Gasteiger charge is -2.28. The van der Waals surface area contributed by atoms with E-state index in [1.165, 1.54) is 5.56 Å². The van der Waals surface area contributed by atoms with Gasteiger partial charge in [0.05, 0.1) is 12.1 Å². The van der Waals surface area contributed by atoms with Crippen molar-refractivity contribution in [2.24, 2.45) is 5.92 Å². The van der Waals surface area contributed by atoms with Crippen molar-refractivity contribution in [3.63, 3.8) is 0 Å². The van der Waals surface area contributed by atoms with Gasteiger partial charge in [0.25, 0.3) is 0 Å². The number of rotatable bonds is 4. The molecule has 2 aromatic rings. The lowest BCUT2D eigenvalue weighted by molar-refractivity contribution is 0.0218. The van der Waals surface area contributed by atoms with E-state index in [2.05, 4.69) is 5.32 Å². The number of likely N-dealkylation sites (tertiary alicyclic amines) is 1. The van der Waals surface area contributed by atoms with Crippen LogP contribution in [0.4, 0.5) is 4.79 Å². The lowest BCUT2D eigenvalue weighted by Crippen LogP contribution is -2.43. The minimum Gasteiger partial charge on any atom is -0.444 e. The summed E-state index contributed by atoms with van der Waals surface area (Å²) in [4.78, 5) is 26.6. The predicted octanol–water partition coefficient (Wildman–Crippen LogP) is 5.77. The topological polar surface area (TPSA) is 78.9 Å². The van der Waals surface area contributed by atoms with Crippen LogP contribution in [0.2, 0.25) is 10.0 Å². The number of β-amino-alcohol motifs (C(OH)–C–C–N with tert-alkyl or cyclic N) is 1. The van der Waals surface area contributed by atoms with E-state index in [0.717, 1.165) is 24.4 Å². The Hall–Kier alpha value is -2.12. The predicted molar refractivity (Wildman–Crippen MR) is 144 cm³/mol. The van der Waals surface area contributed by atoms with Gasteiger partial charge >= 0.3 is 6.09 Å². The highest BCUT2D eigenvalue weighted by Gasteiger charge is 2.40. The van der Waals surface area contributed by atoms with Gasteiger partial charge in [0.1, 0.15) is 5.60 Å². The van der Waals surface area contributed by atoms with E-state index in [-0.39, 0.29) is 17.8 Å². The maximum Gasteiger partial charge on any atom is 0.410 e. The molecule has 0 unspecified atom stereocenters. The Kier molecular flexibility index (Phi) is 9.81. The molecule has 2 aliphatic rings. The number of benzene rings is 2. The van der Waals surface area contributed by atoms with E-state index in [1.807, 2.05) is 52.0 Å². The fourth-order valence-corrected chi connectivity index (χ4v) is 4.73. The molecule has 0 aliphatic carbocycles. The second-order valence-corrected chi connectivity index (χ2v) is 11.6. The van der Waals surface area contributed by atoms with Crippen molar-refractivity contribution in [1.29, 1.82) is 0 Å². The number of Topliss-reactive ketones (excluding diaryl/α,β-unsaturated/α-hetero) is 1. The molecule has 4 rings (SSSR count). The van der Waals surface area contributed by atoms with Crippen molar-refractivity contribution in [2.45, 2.75) is 70.7 Å². The van der Waals surface area contributed by atoms with Crippen LogP contribution in [0.3, 0.4) is 0 Å². The Morgan fingerprint density at radius 1 is 1.03 bits per heavy atom. The third-order valence-corrected chi connectivity index (χ3v) is 6.67. The number of ketones is 1. The van der Waals surface area contributed by atoms with Crippen LogP contribution < -0.4 is 5.32 Å².